The Labute approximate surface area is 142 Å². The summed E-state index contributed by atoms with van der Waals surface area (Å²) in [5.74, 6) is -1.67. The van der Waals surface area contributed by atoms with Crippen LogP contribution in [0.15, 0.2) is 40.8 Å². The fourth-order valence-corrected chi connectivity index (χ4v) is 2.02. The number of para-hydroxylation sites is 1. The van der Waals surface area contributed by atoms with Gasteiger partial charge in [-0.2, -0.15) is 0 Å². The van der Waals surface area contributed by atoms with Gasteiger partial charge in [0.1, 0.15) is 10.7 Å². The summed E-state index contributed by atoms with van der Waals surface area (Å²) in [4.78, 5) is 34.9. The summed E-state index contributed by atoms with van der Waals surface area (Å²) >= 11 is 0. The Balaban J connectivity index is 1.90. The quantitative estimate of drug-likeness (QED) is 0.427. The second-order valence-corrected chi connectivity index (χ2v) is 5.03. The average molecular weight is 348 g/mol. The van der Waals surface area contributed by atoms with E-state index in [4.69, 9.17) is 13.9 Å². The van der Waals surface area contributed by atoms with E-state index in [9.17, 15) is 19.7 Å². The summed E-state index contributed by atoms with van der Waals surface area (Å²) in [6, 6.07) is 9.37. The van der Waals surface area contributed by atoms with Gasteiger partial charge < -0.3 is 18.8 Å². The molecule has 0 aliphatic rings. The number of esters is 1. The largest absolute Gasteiger partial charge is 0.496 e. The minimum absolute atomic E-state index is 0.270. The van der Waals surface area contributed by atoms with Crippen molar-refractivity contribution in [1.82, 2.24) is 4.90 Å². The Kier molecular flexibility index (Phi) is 5.72. The van der Waals surface area contributed by atoms with Crippen molar-refractivity contribution in [3.8, 4) is 5.75 Å². The summed E-state index contributed by atoms with van der Waals surface area (Å²) in [5.41, 5.74) is 0.800. The fraction of sp³-hybridized carbons (Fsp3) is 0.250. The topological polar surface area (TPSA) is 112 Å². The van der Waals surface area contributed by atoms with Crippen LogP contribution in [0.5, 0.6) is 5.75 Å². The molecule has 0 unspecified atom stereocenters. The molecule has 9 heteroatoms. The van der Waals surface area contributed by atoms with Gasteiger partial charge in [-0.05, 0) is 12.1 Å². The third kappa shape index (κ3) is 4.56. The van der Waals surface area contributed by atoms with Gasteiger partial charge >= 0.3 is 11.9 Å². The number of amides is 1. The van der Waals surface area contributed by atoms with Gasteiger partial charge in [0.15, 0.2) is 6.61 Å². The smallest absolute Gasteiger partial charge is 0.433 e. The lowest BCUT2D eigenvalue weighted by molar-refractivity contribution is -0.402. The minimum Gasteiger partial charge on any atom is -0.496 e. The number of furan rings is 1. The van der Waals surface area contributed by atoms with Crippen molar-refractivity contribution in [2.24, 2.45) is 0 Å². The van der Waals surface area contributed by atoms with Gasteiger partial charge in [-0.3, -0.25) is 14.9 Å². The molecule has 25 heavy (non-hydrogen) atoms. The Hall–Kier alpha value is -3.36. The zero-order valence-electron chi connectivity index (χ0n) is 13.6. The Morgan fingerprint density at radius 3 is 2.60 bits per heavy atom. The molecule has 1 heterocycles. The second kappa shape index (κ2) is 7.95. The molecule has 0 aliphatic carbocycles. The molecule has 132 valence electrons. The number of benzene rings is 1. The third-order valence-electron chi connectivity index (χ3n) is 3.33. The molecule has 1 aromatic heterocycles. The van der Waals surface area contributed by atoms with E-state index in [1.54, 1.807) is 13.1 Å². The van der Waals surface area contributed by atoms with Crippen molar-refractivity contribution in [3.05, 3.63) is 57.8 Å². The van der Waals surface area contributed by atoms with Crippen molar-refractivity contribution in [1.29, 1.82) is 0 Å². The standard InChI is InChI=1S/C16H16N2O7/c1-17(9-11-5-3-4-6-12(11)23-2)14(19)10-24-16(20)13-7-8-15(25-13)18(21)22/h3-8H,9-10H2,1-2H3. The van der Waals surface area contributed by atoms with Gasteiger partial charge in [0.05, 0.1) is 13.2 Å². The zero-order chi connectivity index (χ0) is 18.4. The number of likely N-dealkylation sites (N-methyl/N-ethyl adjacent to an activating group) is 1. The van der Waals surface area contributed by atoms with Crippen molar-refractivity contribution in [3.63, 3.8) is 0 Å². The summed E-state index contributed by atoms with van der Waals surface area (Å²) < 4.78 is 14.7. The van der Waals surface area contributed by atoms with E-state index in [0.717, 1.165) is 17.7 Å². The van der Waals surface area contributed by atoms with Crippen molar-refractivity contribution >= 4 is 17.8 Å². The Morgan fingerprint density at radius 2 is 1.96 bits per heavy atom. The number of rotatable bonds is 7. The van der Waals surface area contributed by atoms with Gasteiger partial charge in [0, 0.05) is 19.2 Å². The highest BCUT2D eigenvalue weighted by atomic mass is 16.7. The van der Waals surface area contributed by atoms with Crippen molar-refractivity contribution < 1.29 is 28.4 Å². The molecule has 0 atom stereocenters. The maximum absolute atomic E-state index is 12.1. The van der Waals surface area contributed by atoms with Crippen LogP contribution in [0.2, 0.25) is 0 Å². The van der Waals surface area contributed by atoms with Crippen LogP contribution >= 0.6 is 0 Å². The van der Waals surface area contributed by atoms with Crippen LogP contribution in [0.3, 0.4) is 0 Å². The fourth-order valence-electron chi connectivity index (χ4n) is 2.02. The molecule has 2 rings (SSSR count). The average Bonchev–Trinajstić information content (AvgIpc) is 3.10. The molecule has 1 amide bonds. The van der Waals surface area contributed by atoms with E-state index in [1.165, 1.54) is 12.0 Å². The van der Waals surface area contributed by atoms with Gasteiger partial charge in [-0.15, -0.1) is 0 Å². The molecule has 0 saturated carbocycles. The van der Waals surface area contributed by atoms with Gasteiger partial charge in [0.25, 0.3) is 5.91 Å². The van der Waals surface area contributed by atoms with Crippen LogP contribution in [-0.2, 0) is 16.1 Å². The van der Waals surface area contributed by atoms with E-state index in [2.05, 4.69) is 0 Å². The first-order valence-corrected chi connectivity index (χ1v) is 7.19. The van der Waals surface area contributed by atoms with E-state index < -0.39 is 29.3 Å². The Morgan fingerprint density at radius 1 is 1.24 bits per heavy atom. The lowest BCUT2D eigenvalue weighted by Gasteiger charge is -2.18. The minimum atomic E-state index is -0.952. The number of ether oxygens (including phenoxy) is 2. The highest BCUT2D eigenvalue weighted by Crippen LogP contribution is 2.19. The SMILES string of the molecule is COc1ccccc1CN(C)C(=O)COC(=O)c1ccc([N+](=O)[O-])o1. The number of nitrogens with zero attached hydrogens (tertiary/aromatic N) is 2. The van der Waals surface area contributed by atoms with E-state index >= 15 is 0 Å². The third-order valence-corrected chi connectivity index (χ3v) is 3.33. The summed E-state index contributed by atoms with van der Waals surface area (Å²) in [6.07, 6.45) is 0. The van der Waals surface area contributed by atoms with E-state index in [1.807, 2.05) is 18.2 Å². The first-order valence-electron chi connectivity index (χ1n) is 7.19. The van der Waals surface area contributed by atoms with Gasteiger partial charge in [0.2, 0.25) is 5.76 Å². The highest BCUT2D eigenvalue weighted by Gasteiger charge is 2.20. The summed E-state index contributed by atoms with van der Waals surface area (Å²) in [6.45, 7) is -0.244. The van der Waals surface area contributed by atoms with E-state index in [-0.39, 0.29) is 12.3 Å². The first-order chi connectivity index (χ1) is 11.9. The monoisotopic (exact) mass is 348 g/mol. The van der Waals surface area contributed by atoms with Crippen LogP contribution in [-0.4, -0.2) is 42.5 Å². The zero-order valence-corrected chi connectivity index (χ0v) is 13.6. The summed E-state index contributed by atoms with van der Waals surface area (Å²) in [5, 5.41) is 10.5. The lowest BCUT2D eigenvalue weighted by atomic mass is 10.2. The molecule has 0 bridgehead atoms. The normalized spacial score (nSPS) is 10.2. The molecule has 0 radical (unpaired) electrons. The van der Waals surface area contributed by atoms with Gasteiger partial charge in [-0.1, -0.05) is 18.2 Å². The Bertz CT molecular complexity index is 784. The number of hydrogen-bond acceptors (Lipinski definition) is 7. The van der Waals surface area contributed by atoms with Crippen LogP contribution in [0.4, 0.5) is 5.88 Å². The molecule has 0 fully saturated rings. The second-order valence-electron chi connectivity index (χ2n) is 5.03. The molecule has 0 spiro atoms. The van der Waals surface area contributed by atoms with Gasteiger partial charge in [-0.25, -0.2) is 4.79 Å². The van der Waals surface area contributed by atoms with E-state index in [0.29, 0.717) is 5.75 Å². The number of nitro groups is 1. The lowest BCUT2D eigenvalue weighted by Crippen LogP contribution is -2.30. The molecular weight excluding hydrogens is 332 g/mol. The van der Waals surface area contributed by atoms with Crippen LogP contribution in [0.25, 0.3) is 0 Å². The van der Waals surface area contributed by atoms with Crippen molar-refractivity contribution in [2.45, 2.75) is 6.54 Å². The molecule has 9 nitrogen and oxygen atoms in total. The molecule has 2 aromatic rings. The number of hydrogen-bond donors (Lipinski definition) is 0. The number of methoxy groups -OCH3 is 1. The van der Waals surface area contributed by atoms with Crippen molar-refractivity contribution in [2.75, 3.05) is 20.8 Å². The molecule has 0 saturated heterocycles. The highest BCUT2D eigenvalue weighted by molar-refractivity contribution is 5.89. The van der Waals surface area contributed by atoms with Crippen LogP contribution in [0.1, 0.15) is 16.1 Å². The molecule has 0 aliphatic heterocycles. The molecule has 0 N–H and O–H groups in total. The number of carbonyl (C=O) groups excluding carboxylic acids is 2. The summed E-state index contributed by atoms with van der Waals surface area (Å²) in [7, 11) is 3.09. The molecule has 1 aromatic carbocycles. The van der Waals surface area contributed by atoms with Crippen LogP contribution in [0, 0.1) is 10.1 Å². The predicted octanol–water partition coefficient (Wildman–Crippen LogP) is 2.01. The molecular formula is C16H16N2O7. The van der Waals surface area contributed by atoms with Crippen LogP contribution < -0.4 is 4.74 Å². The maximum Gasteiger partial charge on any atom is 0.433 e. The predicted molar refractivity (Wildman–Crippen MR) is 85.1 cm³/mol. The maximum atomic E-state index is 12.1. The first kappa shape index (κ1) is 18.0. The number of carbonyl (C=O) groups is 2.